The SMILES string of the molecule is CC(C)(C)[Si](C)(C)O[C@H]1CC[C@]23CCC(=O)N2CC(=O)[C@H]1C3. The van der Waals surface area contributed by atoms with Crippen LogP contribution in [0.3, 0.4) is 0 Å². The van der Waals surface area contributed by atoms with Gasteiger partial charge in [-0.3, -0.25) is 9.59 Å². The maximum Gasteiger partial charge on any atom is 0.223 e. The van der Waals surface area contributed by atoms with Gasteiger partial charge in [0.25, 0.3) is 0 Å². The lowest BCUT2D eigenvalue weighted by molar-refractivity contribution is -0.151. The zero-order valence-electron chi connectivity index (χ0n) is 14.6. The van der Waals surface area contributed by atoms with Gasteiger partial charge in [0.2, 0.25) is 5.91 Å². The first kappa shape index (κ1) is 16.2. The zero-order chi connectivity index (χ0) is 16.3. The lowest BCUT2D eigenvalue weighted by Gasteiger charge is -2.52. The molecule has 1 amide bonds. The molecule has 3 atom stereocenters. The molecular formula is C17H29NO3Si. The Morgan fingerprint density at radius 1 is 1.23 bits per heavy atom. The molecule has 2 aliphatic heterocycles. The first-order valence-electron chi connectivity index (χ1n) is 8.57. The van der Waals surface area contributed by atoms with E-state index in [0.717, 1.165) is 25.7 Å². The molecule has 1 saturated carbocycles. The van der Waals surface area contributed by atoms with Crippen molar-refractivity contribution in [1.29, 1.82) is 0 Å². The second-order valence-corrected chi connectivity index (χ2v) is 13.7. The highest BCUT2D eigenvalue weighted by atomic mass is 28.4. The molecule has 0 unspecified atom stereocenters. The predicted molar refractivity (Wildman–Crippen MR) is 88.1 cm³/mol. The molecule has 3 fully saturated rings. The maximum atomic E-state index is 12.6. The number of hydrogen-bond donors (Lipinski definition) is 0. The van der Waals surface area contributed by atoms with Gasteiger partial charge in [0, 0.05) is 17.9 Å². The molecule has 2 bridgehead atoms. The number of rotatable bonds is 2. The van der Waals surface area contributed by atoms with E-state index in [1.54, 1.807) is 0 Å². The van der Waals surface area contributed by atoms with Crippen LogP contribution in [0.2, 0.25) is 18.1 Å². The van der Waals surface area contributed by atoms with Crippen molar-refractivity contribution in [1.82, 2.24) is 4.90 Å². The van der Waals surface area contributed by atoms with Crippen molar-refractivity contribution in [3.05, 3.63) is 0 Å². The average Bonchev–Trinajstić information content (AvgIpc) is 2.70. The van der Waals surface area contributed by atoms with Crippen molar-refractivity contribution in [2.24, 2.45) is 5.92 Å². The summed E-state index contributed by atoms with van der Waals surface area (Å²) in [6, 6.07) is 0. The van der Waals surface area contributed by atoms with Crippen molar-refractivity contribution >= 4 is 20.0 Å². The van der Waals surface area contributed by atoms with Crippen molar-refractivity contribution in [2.45, 2.75) is 82.7 Å². The smallest absolute Gasteiger partial charge is 0.223 e. The fourth-order valence-corrected chi connectivity index (χ4v) is 5.54. The predicted octanol–water partition coefficient (Wildman–Crippen LogP) is 3.12. The largest absolute Gasteiger partial charge is 0.413 e. The summed E-state index contributed by atoms with van der Waals surface area (Å²) in [4.78, 5) is 26.5. The molecule has 2 saturated heterocycles. The van der Waals surface area contributed by atoms with Crippen LogP contribution in [-0.4, -0.2) is 43.1 Å². The van der Waals surface area contributed by atoms with Gasteiger partial charge >= 0.3 is 0 Å². The Bertz CT molecular complexity index is 511. The number of Topliss-reactive ketones (excluding diaryl/α,β-unsaturated/α-hetero) is 1. The van der Waals surface area contributed by atoms with Gasteiger partial charge in [0.05, 0.1) is 12.6 Å². The van der Waals surface area contributed by atoms with Gasteiger partial charge in [-0.05, 0) is 43.8 Å². The number of piperidine rings is 1. The third-order valence-corrected chi connectivity index (χ3v) is 11.1. The lowest BCUT2D eigenvalue weighted by Crippen LogP contribution is -2.62. The molecule has 0 aromatic carbocycles. The Hall–Kier alpha value is -0.683. The average molecular weight is 324 g/mol. The summed E-state index contributed by atoms with van der Waals surface area (Å²) in [5.74, 6) is 0.398. The normalized spacial score (nSPS) is 35.8. The van der Waals surface area contributed by atoms with Gasteiger partial charge in [0.15, 0.2) is 14.1 Å². The minimum absolute atomic E-state index is 0.00465. The van der Waals surface area contributed by atoms with Crippen LogP contribution in [0.15, 0.2) is 0 Å². The Balaban J connectivity index is 1.79. The first-order valence-corrected chi connectivity index (χ1v) is 11.5. The molecule has 22 heavy (non-hydrogen) atoms. The van der Waals surface area contributed by atoms with Crippen molar-refractivity contribution < 1.29 is 14.0 Å². The molecule has 5 heteroatoms. The summed E-state index contributed by atoms with van der Waals surface area (Å²) in [6.07, 6.45) is 4.37. The maximum absolute atomic E-state index is 12.6. The summed E-state index contributed by atoms with van der Waals surface area (Å²) < 4.78 is 6.59. The minimum Gasteiger partial charge on any atom is -0.413 e. The van der Waals surface area contributed by atoms with Crippen LogP contribution in [-0.2, 0) is 14.0 Å². The second-order valence-electron chi connectivity index (χ2n) is 8.94. The van der Waals surface area contributed by atoms with Gasteiger partial charge < -0.3 is 9.33 Å². The van der Waals surface area contributed by atoms with Gasteiger partial charge in [-0.2, -0.15) is 0 Å². The molecule has 124 valence electrons. The van der Waals surface area contributed by atoms with Crippen LogP contribution in [0.25, 0.3) is 0 Å². The van der Waals surface area contributed by atoms with E-state index in [9.17, 15) is 9.59 Å². The van der Waals surface area contributed by atoms with Crippen molar-refractivity contribution in [2.75, 3.05) is 6.54 Å². The van der Waals surface area contributed by atoms with Crippen LogP contribution in [0, 0.1) is 5.92 Å². The molecule has 1 aliphatic carbocycles. The first-order chi connectivity index (χ1) is 10.1. The second kappa shape index (κ2) is 4.90. The van der Waals surface area contributed by atoms with E-state index in [1.165, 1.54) is 0 Å². The molecule has 3 rings (SSSR count). The number of carbonyl (C=O) groups is 2. The van der Waals surface area contributed by atoms with Gasteiger partial charge in [-0.25, -0.2) is 0 Å². The number of nitrogens with zero attached hydrogens (tertiary/aromatic N) is 1. The van der Waals surface area contributed by atoms with Crippen molar-refractivity contribution in [3.8, 4) is 0 Å². The molecule has 0 radical (unpaired) electrons. The molecule has 0 N–H and O–H groups in total. The number of fused-ring (bicyclic) bond motifs is 1. The van der Waals surface area contributed by atoms with E-state index in [2.05, 4.69) is 33.9 Å². The monoisotopic (exact) mass is 323 g/mol. The highest BCUT2D eigenvalue weighted by Gasteiger charge is 2.57. The summed E-state index contributed by atoms with van der Waals surface area (Å²) in [5.41, 5.74) is -0.0249. The number of carbonyl (C=O) groups excluding carboxylic acids is 2. The summed E-state index contributed by atoms with van der Waals surface area (Å²) >= 11 is 0. The highest BCUT2D eigenvalue weighted by Crippen LogP contribution is 2.50. The van der Waals surface area contributed by atoms with Crippen LogP contribution in [0.1, 0.15) is 52.9 Å². The third-order valence-electron chi connectivity index (χ3n) is 6.60. The summed E-state index contributed by atoms with van der Waals surface area (Å²) in [6.45, 7) is 11.6. The highest BCUT2D eigenvalue weighted by molar-refractivity contribution is 6.74. The van der Waals surface area contributed by atoms with Gasteiger partial charge in [-0.15, -0.1) is 0 Å². The molecule has 0 aromatic rings. The Morgan fingerprint density at radius 2 is 1.91 bits per heavy atom. The van der Waals surface area contributed by atoms with E-state index in [0.29, 0.717) is 13.0 Å². The standard InChI is InChI=1S/C17H29NO3Si/c1-16(2,3)22(4,5)21-14-6-8-17-9-7-15(20)18(17)11-13(19)12(14)10-17/h12,14H,6-11H2,1-5H3/t12-,14+,17-/m1/s1. The molecule has 3 aliphatic rings. The van der Waals surface area contributed by atoms with E-state index in [4.69, 9.17) is 4.43 Å². The zero-order valence-corrected chi connectivity index (χ0v) is 15.6. The topological polar surface area (TPSA) is 46.6 Å². The third kappa shape index (κ3) is 2.37. The van der Waals surface area contributed by atoms with E-state index < -0.39 is 8.32 Å². The van der Waals surface area contributed by atoms with Gasteiger partial charge in [0.1, 0.15) is 0 Å². The van der Waals surface area contributed by atoms with Gasteiger partial charge in [-0.1, -0.05) is 20.8 Å². The Morgan fingerprint density at radius 3 is 2.55 bits per heavy atom. The van der Waals surface area contributed by atoms with E-state index in [-0.39, 0.29) is 34.3 Å². The molecule has 1 spiro atoms. The molecular weight excluding hydrogens is 294 g/mol. The Labute approximate surface area is 134 Å². The van der Waals surface area contributed by atoms with E-state index in [1.807, 2.05) is 4.90 Å². The number of hydrogen-bond acceptors (Lipinski definition) is 3. The summed E-state index contributed by atoms with van der Waals surface area (Å²) in [5, 5.41) is 0.162. The van der Waals surface area contributed by atoms with Crippen LogP contribution >= 0.6 is 0 Å². The fourth-order valence-electron chi connectivity index (χ4n) is 4.15. The molecule has 0 aromatic heterocycles. The Kier molecular flexibility index (Phi) is 3.61. The van der Waals surface area contributed by atoms with Crippen LogP contribution < -0.4 is 0 Å². The number of ketones is 1. The van der Waals surface area contributed by atoms with Crippen LogP contribution in [0.4, 0.5) is 0 Å². The minimum atomic E-state index is -1.86. The lowest BCUT2D eigenvalue weighted by atomic mass is 9.68. The number of amides is 1. The summed E-state index contributed by atoms with van der Waals surface area (Å²) in [7, 11) is -1.86. The molecule has 2 heterocycles. The van der Waals surface area contributed by atoms with E-state index >= 15 is 0 Å². The molecule has 4 nitrogen and oxygen atoms in total. The fraction of sp³-hybridized carbons (Fsp3) is 0.882. The quantitative estimate of drug-likeness (QED) is 0.734. The van der Waals surface area contributed by atoms with Crippen LogP contribution in [0.5, 0.6) is 0 Å². The van der Waals surface area contributed by atoms with Crippen molar-refractivity contribution in [3.63, 3.8) is 0 Å².